The molecule has 0 aromatic heterocycles. The van der Waals surface area contributed by atoms with E-state index < -0.39 is 6.23 Å². The Morgan fingerprint density at radius 2 is 1.95 bits per heavy atom. The maximum absolute atomic E-state index is 10.1. The van der Waals surface area contributed by atoms with Crippen LogP contribution in [0.4, 0.5) is 5.69 Å². The van der Waals surface area contributed by atoms with Gasteiger partial charge in [0.05, 0.1) is 7.11 Å². The summed E-state index contributed by atoms with van der Waals surface area (Å²) in [6, 6.07) is 13.3. The number of benzene rings is 2. The Labute approximate surface area is 123 Å². The normalized spacial score (nSPS) is 12.2. The lowest BCUT2D eigenvalue weighted by atomic mass is 10.2. The summed E-state index contributed by atoms with van der Waals surface area (Å²) >= 11 is 1.52. The van der Waals surface area contributed by atoms with Gasteiger partial charge in [-0.1, -0.05) is 23.9 Å². The minimum absolute atomic E-state index is 0.708. The van der Waals surface area contributed by atoms with Gasteiger partial charge in [0.1, 0.15) is 12.0 Å². The summed E-state index contributed by atoms with van der Waals surface area (Å²) in [5.41, 5.74) is 7.44. The van der Waals surface area contributed by atoms with Crippen molar-refractivity contribution in [1.29, 1.82) is 0 Å². The molecule has 0 aliphatic heterocycles. The van der Waals surface area contributed by atoms with Crippen molar-refractivity contribution in [2.24, 2.45) is 0 Å². The van der Waals surface area contributed by atoms with E-state index in [1.807, 2.05) is 42.5 Å². The number of aliphatic hydroxyl groups excluding tert-OH is 1. The van der Waals surface area contributed by atoms with Crippen LogP contribution in [0.15, 0.2) is 52.3 Å². The molecule has 2 aromatic carbocycles. The van der Waals surface area contributed by atoms with Crippen molar-refractivity contribution in [2.75, 3.05) is 19.9 Å². The van der Waals surface area contributed by atoms with E-state index in [0.717, 1.165) is 21.0 Å². The highest BCUT2D eigenvalue weighted by molar-refractivity contribution is 7.99. The van der Waals surface area contributed by atoms with Crippen molar-refractivity contribution in [3.05, 3.63) is 48.0 Å². The number of nitrogens with two attached hydrogens (primary N) is 1. The van der Waals surface area contributed by atoms with Gasteiger partial charge >= 0.3 is 0 Å². The zero-order valence-electron chi connectivity index (χ0n) is 11.5. The first kappa shape index (κ1) is 14.7. The fourth-order valence-electron chi connectivity index (χ4n) is 1.81. The molecule has 4 N–H and O–H groups in total. The molecule has 0 saturated heterocycles. The summed E-state index contributed by atoms with van der Waals surface area (Å²) in [5, 5.41) is 12.9. The summed E-state index contributed by atoms with van der Waals surface area (Å²) in [7, 11) is 3.31. The molecule has 0 radical (unpaired) electrons. The highest BCUT2D eigenvalue weighted by atomic mass is 32.2. The SMILES string of the molecule is CNC(O)c1cc(OC)ccc1Sc1ccccc1N. The van der Waals surface area contributed by atoms with Crippen molar-refractivity contribution in [3.8, 4) is 5.75 Å². The molecule has 0 heterocycles. The number of nitrogens with one attached hydrogen (secondary N) is 1. The Kier molecular flexibility index (Phi) is 4.89. The molecular weight excluding hydrogens is 272 g/mol. The van der Waals surface area contributed by atoms with Gasteiger partial charge in [0.25, 0.3) is 0 Å². The highest BCUT2D eigenvalue weighted by Gasteiger charge is 2.14. The Morgan fingerprint density at radius 3 is 2.60 bits per heavy atom. The van der Waals surface area contributed by atoms with Crippen molar-refractivity contribution in [3.63, 3.8) is 0 Å². The molecule has 0 saturated carbocycles. The first-order chi connectivity index (χ1) is 9.65. The number of hydrogen-bond donors (Lipinski definition) is 3. The third kappa shape index (κ3) is 3.25. The summed E-state index contributed by atoms with van der Waals surface area (Å²) < 4.78 is 5.21. The average molecular weight is 290 g/mol. The van der Waals surface area contributed by atoms with E-state index in [-0.39, 0.29) is 0 Å². The number of nitrogen functional groups attached to an aromatic ring is 1. The number of methoxy groups -OCH3 is 1. The smallest absolute Gasteiger partial charge is 0.132 e. The standard InChI is InChI=1S/C15H18N2O2S/c1-17-15(18)11-9-10(19-2)7-8-13(11)20-14-6-4-3-5-12(14)16/h3-9,15,17-18H,16H2,1-2H3. The van der Waals surface area contributed by atoms with Gasteiger partial charge in [0.15, 0.2) is 0 Å². The van der Waals surface area contributed by atoms with Crippen LogP contribution in [0.3, 0.4) is 0 Å². The molecule has 2 rings (SSSR count). The summed E-state index contributed by atoms with van der Waals surface area (Å²) in [6.07, 6.45) is -0.752. The molecule has 4 nitrogen and oxygen atoms in total. The molecule has 5 heteroatoms. The van der Waals surface area contributed by atoms with Crippen molar-refractivity contribution in [2.45, 2.75) is 16.0 Å². The molecule has 0 fully saturated rings. The van der Waals surface area contributed by atoms with E-state index >= 15 is 0 Å². The number of anilines is 1. The molecule has 106 valence electrons. The van der Waals surface area contributed by atoms with Crippen LogP contribution in [0.5, 0.6) is 5.75 Å². The maximum atomic E-state index is 10.1. The molecule has 0 aliphatic carbocycles. The zero-order valence-corrected chi connectivity index (χ0v) is 12.3. The predicted molar refractivity (Wildman–Crippen MR) is 82.0 cm³/mol. The highest BCUT2D eigenvalue weighted by Crippen LogP contribution is 2.37. The monoisotopic (exact) mass is 290 g/mol. The van der Waals surface area contributed by atoms with Crippen LogP contribution in [-0.4, -0.2) is 19.3 Å². The molecule has 1 unspecified atom stereocenters. The number of ether oxygens (including phenoxy) is 1. The summed E-state index contributed by atoms with van der Waals surface area (Å²) in [6.45, 7) is 0. The van der Waals surface area contributed by atoms with Crippen LogP contribution in [0.25, 0.3) is 0 Å². The Balaban J connectivity index is 2.38. The van der Waals surface area contributed by atoms with E-state index in [0.29, 0.717) is 5.75 Å². The van der Waals surface area contributed by atoms with E-state index in [4.69, 9.17) is 10.5 Å². The molecule has 0 spiro atoms. The molecule has 20 heavy (non-hydrogen) atoms. The number of para-hydroxylation sites is 1. The van der Waals surface area contributed by atoms with E-state index in [1.54, 1.807) is 14.2 Å². The van der Waals surface area contributed by atoms with Crippen LogP contribution in [0.2, 0.25) is 0 Å². The second-order valence-corrected chi connectivity index (χ2v) is 5.32. The number of hydrogen-bond acceptors (Lipinski definition) is 5. The fourth-order valence-corrected chi connectivity index (χ4v) is 2.80. The van der Waals surface area contributed by atoms with Gasteiger partial charge < -0.3 is 15.6 Å². The van der Waals surface area contributed by atoms with Gasteiger partial charge in [-0.25, -0.2) is 0 Å². The fraction of sp³-hybridized carbons (Fsp3) is 0.200. The molecular formula is C15H18N2O2S. The van der Waals surface area contributed by atoms with Gasteiger partial charge in [-0.15, -0.1) is 0 Å². The van der Waals surface area contributed by atoms with Crippen LogP contribution in [0, 0.1) is 0 Å². The van der Waals surface area contributed by atoms with Crippen molar-refractivity contribution in [1.82, 2.24) is 5.32 Å². The van der Waals surface area contributed by atoms with E-state index in [1.165, 1.54) is 11.8 Å². The lowest BCUT2D eigenvalue weighted by molar-refractivity contribution is 0.146. The maximum Gasteiger partial charge on any atom is 0.132 e. The van der Waals surface area contributed by atoms with Gasteiger partial charge in [0, 0.05) is 21.0 Å². The second-order valence-electron chi connectivity index (χ2n) is 4.23. The average Bonchev–Trinajstić information content (AvgIpc) is 2.49. The van der Waals surface area contributed by atoms with Crippen LogP contribution < -0.4 is 15.8 Å². The minimum Gasteiger partial charge on any atom is -0.497 e. The van der Waals surface area contributed by atoms with Gasteiger partial charge in [-0.05, 0) is 37.4 Å². The van der Waals surface area contributed by atoms with Crippen molar-refractivity contribution < 1.29 is 9.84 Å². The Bertz CT molecular complexity index is 590. The van der Waals surface area contributed by atoms with Crippen LogP contribution >= 0.6 is 11.8 Å². The summed E-state index contributed by atoms with van der Waals surface area (Å²) in [4.78, 5) is 1.90. The lowest BCUT2D eigenvalue weighted by Gasteiger charge is -2.16. The Hall–Kier alpha value is -1.69. The number of rotatable bonds is 5. The van der Waals surface area contributed by atoms with E-state index in [9.17, 15) is 5.11 Å². The lowest BCUT2D eigenvalue weighted by Crippen LogP contribution is -2.16. The third-order valence-corrected chi connectivity index (χ3v) is 4.11. The molecule has 0 bridgehead atoms. The van der Waals surface area contributed by atoms with Gasteiger partial charge in [-0.3, -0.25) is 5.32 Å². The second kappa shape index (κ2) is 6.65. The van der Waals surface area contributed by atoms with Gasteiger partial charge in [-0.2, -0.15) is 0 Å². The van der Waals surface area contributed by atoms with Crippen molar-refractivity contribution >= 4 is 17.4 Å². The summed E-state index contributed by atoms with van der Waals surface area (Å²) in [5.74, 6) is 0.708. The third-order valence-electron chi connectivity index (χ3n) is 2.92. The molecule has 0 aliphatic rings. The first-order valence-electron chi connectivity index (χ1n) is 6.21. The van der Waals surface area contributed by atoms with Crippen LogP contribution in [0.1, 0.15) is 11.8 Å². The quantitative estimate of drug-likeness (QED) is 0.583. The van der Waals surface area contributed by atoms with E-state index in [2.05, 4.69) is 5.32 Å². The van der Waals surface area contributed by atoms with Gasteiger partial charge in [0.2, 0.25) is 0 Å². The zero-order chi connectivity index (χ0) is 14.5. The topological polar surface area (TPSA) is 67.5 Å². The minimum atomic E-state index is -0.752. The van der Waals surface area contributed by atoms with Crippen LogP contribution in [-0.2, 0) is 0 Å². The molecule has 2 aromatic rings. The first-order valence-corrected chi connectivity index (χ1v) is 7.03. The molecule has 0 amide bonds. The molecule has 1 atom stereocenters. The number of aliphatic hydroxyl groups is 1. The Morgan fingerprint density at radius 1 is 1.20 bits per heavy atom. The predicted octanol–water partition coefficient (Wildman–Crippen LogP) is 2.64. The largest absolute Gasteiger partial charge is 0.497 e.